The van der Waals surface area contributed by atoms with Crippen LogP contribution in [-0.4, -0.2) is 89.6 Å². The summed E-state index contributed by atoms with van der Waals surface area (Å²) in [6, 6.07) is 0. The molecule has 12 rings (SSSR count). The molecule has 12 unspecified atom stereocenters. The van der Waals surface area contributed by atoms with Crippen molar-refractivity contribution in [3.8, 4) is 0 Å². The van der Waals surface area contributed by atoms with Crippen LogP contribution in [0.2, 0.25) is 0 Å². The lowest BCUT2D eigenvalue weighted by Gasteiger charge is -2.65. The topological polar surface area (TPSA) is 212 Å². The zero-order chi connectivity index (χ0) is 63.6. The second kappa shape index (κ2) is 27.4. The predicted molar refractivity (Wildman–Crippen MR) is 354 cm³/mol. The van der Waals surface area contributed by atoms with Gasteiger partial charge in [0.1, 0.15) is 12.2 Å². The van der Waals surface area contributed by atoms with Crippen molar-refractivity contribution < 1.29 is 39.5 Å². The lowest BCUT2D eigenvalue weighted by molar-refractivity contribution is -0.213. The Morgan fingerprint density at radius 1 is 0.398 bits per heavy atom. The number of ether oxygens (including phenoxy) is 2. The summed E-state index contributed by atoms with van der Waals surface area (Å²) >= 11 is 0. The first-order valence-corrected chi connectivity index (χ1v) is 37.9. The minimum atomic E-state index is -0.174. The van der Waals surface area contributed by atoms with Gasteiger partial charge in [0.05, 0.1) is 24.4 Å². The van der Waals surface area contributed by atoms with Gasteiger partial charge in [0.15, 0.2) is 0 Å². The highest BCUT2D eigenvalue weighted by atomic mass is 16.5. The standard InChI is InChI=1S/C27H45NO4.2C25H45NO2/c1-5-19-23-14-18(31-15-29)8-11-27(23,4)22-9-12-26(3)20(17(2)10-13-28)6-7-21(26)24(22)25(19)32-16-30;2*1-5-17-21-14-16(27)8-11-25(21,4)20-9-12-24(3)18(15(2)10-13-26)6-7-19(24)22(20)23(17)28/h15-25H,5-14,28H2,1-4H3;2*15-23,27-28H,5-14,26H2,1-4H3/t17-,18-,19-,20?,21+,22+,23?,24+,25-,26?,27?;2*15-,16-,17-,18?,19+,20+,21?,22+,23-,24?,25?/m111/s1. The molecule has 0 aromatic heterocycles. The van der Waals surface area contributed by atoms with Crippen molar-refractivity contribution in [1.82, 2.24) is 0 Å². The minimum absolute atomic E-state index is 0.00915. The molecule has 12 saturated carbocycles. The second-order valence-corrected chi connectivity index (χ2v) is 35.4. The maximum Gasteiger partial charge on any atom is 0.293 e. The van der Waals surface area contributed by atoms with Gasteiger partial charge in [0, 0.05) is 5.92 Å². The average molecular weight is 1230 g/mol. The number of hydrogen-bond acceptors (Lipinski definition) is 11. The Morgan fingerprint density at radius 2 is 0.716 bits per heavy atom. The molecule has 0 amide bonds. The number of carbonyl (C=O) groups is 2. The second-order valence-electron chi connectivity index (χ2n) is 35.4. The first-order valence-electron chi connectivity index (χ1n) is 37.9. The van der Waals surface area contributed by atoms with Crippen LogP contribution < -0.4 is 17.2 Å². The van der Waals surface area contributed by atoms with Gasteiger partial charge in [-0.2, -0.15) is 0 Å². The molecule has 12 aliphatic rings. The van der Waals surface area contributed by atoms with Crippen LogP contribution in [0.1, 0.15) is 256 Å². The molecular formula is C77H135N3O8. The number of nitrogens with two attached hydrogens (primary N) is 3. The molecule has 0 bridgehead atoms. The van der Waals surface area contributed by atoms with Crippen molar-refractivity contribution in [3.63, 3.8) is 0 Å². The number of carbonyl (C=O) groups excluding carboxylic acids is 2. The van der Waals surface area contributed by atoms with Crippen molar-refractivity contribution in [2.45, 2.75) is 293 Å². The lowest BCUT2D eigenvalue weighted by Crippen LogP contribution is -2.62. The molecule has 506 valence electrons. The Labute approximate surface area is 536 Å². The summed E-state index contributed by atoms with van der Waals surface area (Å²) in [6.07, 6.45) is 30.4. The van der Waals surface area contributed by atoms with Gasteiger partial charge in [-0.1, -0.05) is 95.9 Å². The van der Waals surface area contributed by atoms with E-state index in [9.17, 15) is 30.0 Å². The van der Waals surface area contributed by atoms with E-state index in [0.29, 0.717) is 147 Å². The van der Waals surface area contributed by atoms with E-state index in [4.69, 9.17) is 26.7 Å². The normalized spacial score (nSPS) is 52.4. The van der Waals surface area contributed by atoms with E-state index in [0.717, 1.165) is 134 Å². The molecule has 88 heavy (non-hydrogen) atoms. The van der Waals surface area contributed by atoms with Crippen LogP contribution in [0.15, 0.2) is 0 Å². The van der Waals surface area contributed by atoms with Crippen molar-refractivity contribution in [2.75, 3.05) is 19.6 Å². The van der Waals surface area contributed by atoms with E-state index in [1.165, 1.54) is 77.0 Å². The molecule has 12 aliphatic carbocycles. The summed E-state index contributed by atoms with van der Waals surface area (Å²) in [7, 11) is 0. The van der Waals surface area contributed by atoms with E-state index in [1.54, 1.807) is 0 Å². The molecule has 0 radical (unpaired) electrons. The van der Waals surface area contributed by atoms with Crippen LogP contribution in [0.3, 0.4) is 0 Å². The summed E-state index contributed by atoms with van der Waals surface area (Å²) in [5.74, 6) is 12.0. The van der Waals surface area contributed by atoms with Crippen LogP contribution in [0, 0.1) is 157 Å². The third kappa shape index (κ3) is 11.5. The number of aliphatic hydroxyl groups excluding tert-OH is 4. The van der Waals surface area contributed by atoms with E-state index in [-0.39, 0.29) is 42.0 Å². The van der Waals surface area contributed by atoms with Crippen LogP contribution in [-0.2, 0) is 19.1 Å². The molecular weight excluding hydrogens is 1090 g/mol. The molecule has 12 fully saturated rings. The summed E-state index contributed by atoms with van der Waals surface area (Å²) < 4.78 is 11.5. The van der Waals surface area contributed by atoms with Gasteiger partial charge < -0.3 is 47.1 Å². The van der Waals surface area contributed by atoms with Crippen molar-refractivity contribution in [2.24, 2.45) is 174 Å². The summed E-state index contributed by atoms with van der Waals surface area (Å²) in [4.78, 5) is 22.8. The Morgan fingerprint density at radius 3 is 1.07 bits per heavy atom. The van der Waals surface area contributed by atoms with Crippen molar-refractivity contribution in [3.05, 3.63) is 0 Å². The van der Waals surface area contributed by atoms with Crippen LogP contribution >= 0.6 is 0 Å². The number of rotatable bonds is 16. The molecule has 0 aliphatic heterocycles. The summed E-state index contributed by atoms with van der Waals surface area (Å²) in [6.45, 7) is 32.9. The fraction of sp³-hybridized carbons (Fsp3) is 0.974. The van der Waals surface area contributed by atoms with Crippen LogP contribution in [0.25, 0.3) is 0 Å². The van der Waals surface area contributed by atoms with Crippen molar-refractivity contribution in [1.29, 1.82) is 0 Å². The molecule has 0 aromatic carbocycles. The molecule has 0 saturated heterocycles. The van der Waals surface area contributed by atoms with E-state index in [1.807, 2.05) is 0 Å². The number of hydrogen-bond donors (Lipinski definition) is 7. The smallest absolute Gasteiger partial charge is 0.293 e. The molecule has 0 spiro atoms. The number of fused-ring (bicyclic) bond motifs is 15. The number of aliphatic hydroxyl groups is 4. The van der Waals surface area contributed by atoms with Crippen LogP contribution in [0.5, 0.6) is 0 Å². The molecule has 0 aromatic rings. The quantitative estimate of drug-likeness (QED) is 0.0723. The zero-order valence-corrected chi connectivity index (χ0v) is 58.1. The molecule has 11 heteroatoms. The molecule has 10 N–H and O–H groups in total. The third-order valence-corrected chi connectivity index (χ3v) is 32.7. The Kier molecular flexibility index (Phi) is 21.6. The van der Waals surface area contributed by atoms with E-state index in [2.05, 4.69) is 83.1 Å². The lowest BCUT2D eigenvalue weighted by atomic mass is 9.41. The van der Waals surface area contributed by atoms with E-state index >= 15 is 0 Å². The Hall–Kier alpha value is -1.34. The maximum absolute atomic E-state index is 11.7. The van der Waals surface area contributed by atoms with Gasteiger partial charge in [0.2, 0.25) is 0 Å². The zero-order valence-electron chi connectivity index (χ0n) is 58.1. The highest BCUT2D eigenvalue weighted by Gasteiger charge is 2.69. The minimum Gasteiger partial charge on any atom is -0.465 e. The summed E-state index contributed by atoms with van der Waals surface area (Å²) in [5.41, 5.74) is 19.7. The van der Waals surface area contributed by atoms with E-state index < -0.39 is 0 Å². The highest BCUT2D eigenvalue weighted by molar-refractivity contribution is 5.38. The molecule has 0 heterocycles. The predicted octanol–water partition coefficient (Wildman–Crippen LogP) is 14.2. The summed E-state index contributed by atoms with van der Waals surface area (Å²) in [5, 5.41) is 44.2. The van der Waals surface area contributed by atoms with Crippen molar-refractivity contribution >= 4 is 12.9 Å². The molecule has 11 nitrogen and oxygen atoms in total. The van der Waals surface area contributed by atoms with Gasteiger partial charge in [-0.3, -0.25) is 9.59 Å². The van der Waals surface area contributed by atoms with Gasteiger partial charge >= 0.3 is 0 Å². The monoisotopic (exact) mass is 1230 g/mol. The maximum atomic E-state index is 11.7. The van der Waals surface area contributed by atoms with Gasteiger partial charge in [-0.25, -0.2) is 0 Å². The fourth-order valence-corrected chi connectivity index (χ4v) is 28.6. The SMILES string of the molecule is CC[C@@H]1C2C[C@H](O)CCC2(C)[C@H]2CCC3(C)C([C@H](C)CCN)CC[C@H]3[C@@H]2[C@@H]1O.CC[C@@H]1C2C[C@H](O)CCC2(C)[C@H]2CCC3(C)C([C@H](C)CCN)CC[C@H]3[C@@H]2[C@@H]1O.CC[C@@H]1C2C[C@H](OC=O)CCC2(C)[C@H]2CCC3(C)C([C@H](C)CCN)CC[C@H]3[C@@H]2[C@@H]1OC=O. The first kappa shape index (κ1) is 69.5. The molecule has 33 atom stereocenters. The van der Waals surface area contributed by atoms with Gasteiger partial charge in [-0.05, 0) is 331 Å². The highest BCUT2D eigenvalue weighted by Crippen LogP contribution is 2.73. The average Bonchev–Trinajstić information content (AvgIpc) is 1.21. The Bertz CT molecular complexity index is 2210. The van der Waals surface area contributed by atoms with Crippen LogP contribution in [0.4, 0.5) is 0 Å². The first-order chi connectivity index (χ1) is 41.9. The Balaban J connectivity index is 0.000000146. The fourth-order valence-electron chi connectivity index (χ4n) is 28.6. The van der Waals surface area contributed by atoms with Gasteiger partial charge in [-0.15, -0.1) is 0 Å². The van der Waals surface area contributed by atoms with Gasteiger partial charge in [0.25, 0.3) is 12.9 Å². The largest absolute Gasteiger partial charge is 0.465 e. The third-order valence-electron chi connectivity index (χ3n) is 32.7.